The molecule has 1 N–H and O–H groups in total. The predicted octanol–water partition coefficient (Wildman–Crippen LogP) is 5.15. The summed E-state index contributed by atoms with van der Waals surface area (Å²) >= 11 is 0. The fraction of sp³-hybridized carbons (Fsp3) is 1.00. The standard InChI is InChI=1S/C19H35N/c1-18(2)11-17(12-19(3,4)13-18)20-16-7-5-6-15(10-16)14-8-9-14/h14-17,20H,5-13H2,1-4H3. The number of hydrogen-bond donors (Lipinski definition) is 1. The Hall–Kier alpha value is -0.0400. The van der Waals surface area contributed by atoms with Crippen molar-refractivity contribution in [1.29, 1.82) is 0 Å². The maximum Gasteiger partial charge on any atom is 0.00798 e. The van der Waals surface area contributed by atoms with Gasteiger partial charge in [0.1, 0.15) is 0 Å². The van der Waals surface area contributed by atoms with Gasteiger partial charge in [0.05, 0.1) is 0 Å². The van der Waals surface area contributed by atoms with E-state index in [9.17, 15) is 0 Å². The zero-order chi connectivity index (χ0) is 14.4. The van der Waals surface area contributed by atoms with Gasteiger partial charge in [0.2, 0.25) is 0 Å². The van der Waals surface area contributed by atoms with Crippen molar-refractivity contribution in [2.45, 2.75) is 97.6 Å². The van der Waals surface area contributed by atoms with E-state index in [-0.39, 0.29) is 0 Å². The Bertz CT molecular complexity index is 324. The largest absolute Gasteiger partial charge is 0.311 e. The third kappa shape index (κ3) is 3.78. The Labute approximate surface area is 126 Å². The van der Waals surface area contributed by atoms with E-state index in [1.54, 1.807) is 0 Å². The van der Waals surface area contributed by atoms with Crippen molar-refractivity contribution in [2.75, 3.05) is 0 Å². The first-order valence-electron chi connectivity index (χ1n) is 9.09. The minimum Gasteiger partial charge on any atom is -0.311 e. The van der Waals surface area contributed by atoms with E-state index in [4.69, 9.17) is 0 Å². The molecule has 20 heavy (non-hydrogen) atoms. The molecule has 0 saturated heterocycles. The van der Waals surface area contributed by atoms with Crippen molar-refractivity contribution in [1.82, 2.24) is 5.32 Å². The molecule has 0 aromatic rings. The molecule has 1 heteroatoms. The molecule has 0 bridgehead atoms. The molecule has 0 aliphatic heterocycles. The van der Waals surface area contributed by atoms with E-state index in [2.05, 4.69) is 33.0 Å². The molecule has 0 aromatic carbocycles. The molecule has 116 valence electrons. The first-order valence-corrected chi connectivity index (χ1v) is 9.09. The Balaban J connectivity index is 1.56. The van der Waals surface area contributed by atoms with Gasteiger partial charge in [-0.1, -0.05) is 40.5 Å². The smallest absolute Gasteiger partial charge is 0.00798 e. The van der Waals surface area contributed by atoms with Gasteiger partial charge in [-0.3, -0.25) is 0 Å². The van der Waals surface area contributed by atoms with E-state index in [0.717, 1.165) is 23.9 Å². The van der Waals surface area contributed by atoms with Crippen LogP contribution < -0.4 is 5.32 Å². The lowest BCUT2D eigenvalue weighted by Crippen LogP contribution is -2.48. The van der Waals surface area contributed by atoms with E-state index in [1.165, 1.54) is 57.8 Å². The summed E-state index contributed by atoms with van der Waals surface area (Å²) in [5, 5.41) is 4.08. The van der Waals surface area contributed by atoms with Gasteiger partial charge in [-0.05, 0) is 67.6 Å². The minimum atomic E-state index is 0.518. The lowest BCUT2D eigenvalue weighted by atomic mass is 9.63. The van der Waals surface area contributed by atoms with Crippen LogP contribution in [0.3, 0.4) is 0 Å². The molecule has 0 spiro atoms. The first kappa shape index (κ1) is 14.9. The average molecular weight is 277 g/mol. The third-order valence-electron chi connectivity index (χ3n) is 6.03. The number of hydrogen-bond acceptors (Lipinski definition) is 1. The monoisotopic (exact) mass is 277 g/mol. The topological polar surface area (TPSA) is 12.0 Å². The molecule has 0 amide bonds. The summed E-state index contributed by atoms with van der Waals surface area (Å²) in [7, 11) is 0. The minimum absolute atomic E-state index is 0.518. The second-order valence-electron chi connectivity index (χ2n) is 9.74. The quantitative estimate of drug-likeness (QED) is 0.752. The lowest BCUT2D eigenvalue weighted by molar-refractivity contribution is 0.0748. The van der Waals surface area contributed by atoms with Crippen molar-refractivity contribution < 1.29 is 0 Å². The Kier molecular flexibility index (Phi) is 3.95. The molecule has 0 aromatic heterocycles. The fourth-order valence-corrected chi connectivity index (χ4v) is 5.67. The molecule has 1 nitrogen and oxygen atoms in total. The highest BCUT2D eigenvalue weighted by Gasteiger charge is 2.40. The molecular formula is C19H35N. The highest BCUT2D eigenvalue weighted by atomic mass is 15.0. The van der Waals surface area contributed by atoms with E-state index >= 15 is 0 Å². The van der Waals surface area contributed by atoms with Crippen LogP contribution in [0.2, 0.25) is 0 Å². The Morgan fingerprint density at radius 1 is 0.750 bits per heavy atom. The van der Waals surface area contributed by atoms with E-state index in [1.807, 2.05) is 0 Å². The average Bonchev–Trinajstić information content (AvgIpc) is 3.08. The van der Waals surface area contributed by atoms with Crippen LogP contribution in [-0.2, 0) is 0 Å². The van der Waals surface area contributed by atoms with Gasteiger partial charge in [-0.15, -0.1) is 0 Å². The van der Waals surface area contributed by atoms with Gasteiger partial charge in [0, 0.05) is 12.1 Å². The van der Waals surface area contributed by atoms with E-state index in [0.29, 0.717) is 10.8 Å². The Morgan fingerprint density at radius 3 is 2.00 bits per heavy atom. The molecule has 2 atom stereocenters. The van der Waals surface area contributed by atoms with Crippen molar-refractivity contribution in [3.05, 3.63) is 0 Å². The summed E-state index contributed by atoms with van der Waals surface area (Å²) in [4.78, 5) is 0. The van der Waals surface area contributed by atoms with Crippen LogP contribution in [0.1, 0.15) is 85.5 Å². The summed E-state index contributed by atoms with van der Waals surface area (Å²) in [6.07, 6.45) is 13.1. The van der Waals surface area contributed by atoms with E-state index < -0.39 is 0 Å². The van der Waals surface area contributed by atoms with Gasteiger partial charge in [-0.2, -0.15) is 0 Å². The summed E-state index contributed by atoms with van der Waals surface area (Å²) in [5.41, 5.74) is 1.04. The molecule has 0 radical (unpaired) electrons. The third-order valence-corrected chi connectivity index (χ3v) is 6.03. The first-order chi connectivity index (χ1) is 9.33. The molecule has 2 unspecified atom stereocenters. The molecular weight excluding hydrogens is 242 g/mol. The number of nitrogens with one attached hydrogen (secondary N) is 1. The summed E-state index contributed by atoms with van der Waals surface area (Å²) < 4.78 is 0. The highest BCUT2D eigenvalue weighted by molar-refractivity contribution is 4.95. The van der Waals surface area contributed by atoms with Crippen LogP contribution in [0, 0.1) is 22.7 Å². The summed E-state index contributed by atoms with van der Waals surface area (Å²) in [6, 6.07) is 1.58. The molecule has 3 aliphatic carbocycles. The van der Waals surface area contributed by atoms with Gasteiger partial charge >= 0.3 is 0 Å². The van der Waals surface area contributed by atoms with Gasteiger partial charge < -0.3 is 5.32 Å². The van der Waals surface area contributed by atoms with Crippen LogP contribution in [0.15, 0.2) is 0 Å². The lowest BCUT2D eigenvalue weighted by Gasteiger charge is -2.47. The summed E-state index contributed by atoms with van der Waals surface area (Å²) in [5.74, 6) is 2.17. The molecule has 3 rings (SSSR count). The maximum atomic E-state index is 4.08. The van der Waals surface area contributed by atoms with Gasteiger partial charge in [0.25, 0.3) is 0 Å². The van der Waals surface area contributed by atoms with Crippen molar-refractivity contribution in [3.63, 3.8) is 0 Å². The van der Waals surface area contributed by atoms with Crippen LogP contribution >= 0.6 is 0 Å². The highest BCUT2D eigenvalue weighted by Crippen LogP contribution is 2.47. The van der Waals surface area contributed by atoms with Crippen molar-refractivity contribution in [2.24, 2.45) is 22.7 Å². The zero-order valence-electron chi connectivity index (χ0n) is 14.2. The molecule has 0 heterocycles. The van der Waals surface area contributed by atoms with Crippen LogP contribution in [0.25, 0.3) is 0 Å². The zero-order valence-corrected chi connectivity index (χ0v) is 14.2. The normalized spacial score (nSPS) is 37.8. The fourth-order valence-electron chi connectivity index (χ4n) is 5.67. The van der Waals surface area contributed by atoms with Crippen LogP contribution in [-0.4, -0.2) is 12.1 Å². The second-order valence-corrected chi connectivity index (χ2v) is 9.74. The van der Waals surface area contributed by atoms with Gasteiger partial charge in [-0.25, -0.2) is 0 Å². The SMILES string of the molecule is CC1(C)CC(NC2CCCC(C3CC3)C2)CC(C)(C)C1. The Morgan fingerprint density at radius 2 is 1.40 bits per heavy atom. The second kappa shape index (κ2) is 5.30. The van der Waals surface area contributed by atoms with Crippen molar-refractivity contribution >= 4 is 0 Å². The molecule has 3 fully saturated rings. The molecule has 3 aliphatic rings. The predicted molar refractivity (Wildman–Crippen MR) is 86.8 cm³/mol. The van der Waals surface area contributed by atoms with Gasteiger partial charge in [0.15, 0.2) is 0 Å². The number of rotatable bonds is 3. The van der Waals surface area contributed by atoms with Crippen molar-refractivity contribution in [3.8, 4) is 0 Å². The van der Waals surface area contributed by atoms with Crippen LogP contribution in [0.5, 0.6) is 0 Å². The summed E-state index contributed by atoms with van der Waals surface area (Å²) in [6.45, 7) is 9.87. The van der Waals surface area contributed by atoms with Crippen LogP contribution in [0.4, 0.5) is 0 Å². The maximum absolute atomic E-state index is 4.08. The molecule has 3 saturated carbocycles.